The Balaban J connectivity index is 1.97. The Morgan fingerprint density at radius 2 is 2.05 bits per heavy atom. The molecule has 20 heavy (non-hydrogen) atoms. The predicted octanol–water partition coefficient (Wildman–Crippen LogP) is 2.84. The fourth-order valence-corrected chi connectivity index (χ4v) is 3.22. The molecule has 3 rings (SSSR count). The molecule has 0 aromatic heterocycles. The third-order valence-corrected chi connectivity index (χ3v) is 4.14. The number of aliphatic carboxylic acids is 1. The number of carbonyl (C=O) groups is 2. The minimum atomic E-state index is -0.901. The van der Waals surface area contributed by atoms with Crippen LogP contribution in [0.3, 0.4) is 0 Å². The summed E-state index contributed by atoms with van der Waals surface area (Å²) in [7, 11) is 0. The molecule has 104 valence electrons. The summed E-state index contributed by atoms with van der Waals surface area (Å²) >= 11 is 0. The predicted molar refractivity (Wildman–Crippen MR) is 76.3 cm³/mol. The van der Waals surface area contributed by atoms with Crippen LogP contribution in [0.5, 0.6) is 0 Å². The lowest BCUT2D eigenvalue weighted by molar-refractivity contribution is -0.131. The molecule has 1 heterocycles. The number of hydrogen-bond donors (Lipinski definition) is 2. The summed E-state index contributed by atoms with van der Waals surface area (Å²) in [5.41, 5.74) is 3.65. The zero-order chi connectivity index (χ0) is 14.1. The maximum Gasteiger partial charge on any atom is 0.328 e. The van der Waals surface area contributed by atoms with Crippen LogP contribution >= 0.6 is 0 Å². The van der Waals surface area contributed by atoms with Gasteiger partial charge in [0, 0.05) is 11.8 Å². The van der Waals surface area contributed by atoms with E-state index in [1.807, 2.05) is 18.2 Å². The van der Waals surface area contributed by atoms with Crippen LogP contribution in [0.2, 0.25) is 0 Å². The van der Waals surface area contributed by atoms with Gasteiger partial charge in [0.2, 0.25) is 5.91 Å². The van der Waals surface area contributed by atoms with Crippen LogP contribution in [0.15, 0.2) is 24.3 Å². The SMILES string of the molecule is O=C(O)/C=C(/c1ccc2c(c1)CC(=O)N2)C1CCCC1. The van der Waals surface area contributed by atoms with Crippen molar-refractivity contribution in [1.29, 1.82) is 0 Å². The van der Waals surface area contributed by atoms with E-state index in [0.717, 1.165) is 48.1 Å². The number of carbonyl (C=O) groups excluding carboxylic acids is 1. The van der Waals surface area contributed by atoms with Crippen molar-refractivity contribution in [2.75, 3.05) is 5.32 Å². The smallest absolute Gasteiger partial charge is 0.328 e. The highest BCUT2D eigenvalue weighted by molar-refractivity contribution is 6.00. The van der Waals surface area contributed by atoms with Gasteiger partial charge in [0.25, 0.3) is 0 Å². The minimum absolute atomic E-state index is 0.00165. The normalized spacial score (nSPS) is 19.0. The van der Waals surface area contributed by atoms with Crippen LogP contribution in [0, 0.1) is 5.92 Å². The second-order valence-corrected chi connectivity index (χ2v) is 5.52. The van der Waals surface area contributed by atoms with E-state index in [4.69, 9.17) is 5.11 Å². The summed E-state index contributed by atoms with van der Waals surface area (Å²) in [5, 5.41) is 11.9. The van der Waals surface area contributed by atoms with E-state index in [1.54, 1.807) is 0 Å². The molecule has 1 aliphatic heterocycles. The highest BCUT2D eigenvalue weighted by atomic mass is 16.4. The van der Waals surface area contributed by atoms with Crippen molar-refractivity contribution in [3.63, 3.8) is 0 Å². The van der Waals surface area contributed by atoms with E-state index >= 15 is 0 Å². The molecule has 1 amide bonds. The highest BCUT2D eigenvalue weighted by Gasteiger charge is 2.24. The van der Waals surface area contributed by atoms with Crippen LogP contribution in [-0.4, -0.2) is 17.0 Å². The summed E-state index contributed by atoms with van der Waals surface area (Å²) in [6.45, 7) is 0. The number of anilines is 1. The van der Waals surface area contributed by atoms with Gasteiger partial charge in [-0.15, -0.1) is 0 Å². The number of amides is 1. The van der Waals surface area contributed by atoms with Crippen molar-refractivity contribution in [2.45, 2.75) is 32.1 Å². The van der Waals surface area contributed by atoms with Crippen LogP contribution in [0.1, 0.15) is 36.8 Å². The number of nitrogens with one attached hydrogen (secondary N) is 1. The van der Waals surface area contributed by atoms with Gasteiger partial charge in [0.1, 0.15) is 0 Å². The second-order valence-electron chi connectivity index (χ2n) is 5.52. The Bertz CT molecular complexity index is 598. The topological polar surface area (TPSA) is 66.4 Å². The first-order valence-electron chi connectivity index (χ1n) is 7.01. The third kappa shape index (κ3) is 2.46. The standard InChI is InChI=1S/C16H17NO3/c18-15-8-12-7-11(5-6-14(12)17-15)13(9-16(19)20)10-3-1-2-4-10/h5-7,9-10H,1-4,8H2,(H,17,18)(H,19,20)/b13-9+. The highest BCUT2D eigenvalue weighted by Crippen LogP contribution is 2.38. The molecule has 0 bridgehead atoms. The Labute approximate surface area is 117 Å². The van der Waals surface area contributed by atoms with Gasteiger partial charge in [-0.2, -0.15) is 0 Å². The van der Waals surface area contributed by atoms with E-state index in [1.165, 1.54) is 6.08 Å². The van der Waals surface area contributed by atoms with E-state index in [-0.39, 0.29) is 5.91 Å². The lowest BCUT2D eigenvalue weighted by Crippen LogP contribution is -2.03. The molecule has 0 saturated heterocycles. The summed E-state index contributed by atoms with van der Waals surface area (Å²) in [6, 6.07) is 5.75. The van der Waals surface area contributed by atoms with E-state index < -0.39 is 5.97 Å². The molecule has 1 saturated carbocycles. The number of benzene rings is 1. The van der Waals surface area contributed by atoms with Gasteiger partial charge in [-0.3, -0.25) is 4.79 Å². The van der Waals surface area contributed by atoms with E-state index in [9.17, 15) is 9.59 Å². The first-order chi connectivity index (χ1) is 9.63. The summed E-state index contributed by atoms with van der Waals surface area (Å²) < 4.78 is 0. The largest absolute Gasteiger partial charge is 0.478 e. The maximum absolute atomic E-state index is 11.4. The molecule has 0 unspecified atom stereocenters. The first kappa shape index (κ1) is 12.9. The van der Waals surface area contributed by atoms with Gasteiger partial charge in [-0.1, -0.05) is 18.9 Å². The zero-order valence-corrected chi connectivity index (χ0v) is 11.2. The molecule has 4 nitrogen and oxygen atoms in total. The second kappa shape index (κ2) is 5.12. The lowest BCUT2D eigenvalue weighted by atomic mass is 9.89. The average molecular weight is 271 g/mol. The number of allylic oxidation sites excluding steroid dienone is 1. The van der Waals surface area contributed by atoms with Crippen molar-refractivity contribution in [3.8, 4) is 0 Å². The number of hydrogen-bond acceptors (Lipinski definition) is 2. The number of carboxylic acids is 1. The Morgan fingerprint density at radius 3 is 2.75 bits per heavy atom. The number of rotatable bonds is 3. The molecular weight excluding hydrogens is 254 g/mol. The molecule has 0 radical (unpaired) electrons. The maximum atomic E-state index is 11.4. The molecular formula is C16H17NO3. The molecule has 1 aromatic carbocycles. The fraction of sp³-hybridized carbons (Fsp3) is 0.375. The quantitative estimate of drug-likeness (QED) is 0.831. The van der Waals surface area contributed by atoms with Crippen molar-refractivity contribution in [3.05, 3.63) is 35.4 Å². The zero-order valence-electron chi connectivity index (χ0n) is 11.2. The van der Waals surface area contributed by atoms with Crippen LogP contribution in [0.4, 0.5) is 5.69 Å². The van der Waals surface area contributed by atoms with Gasteiger partial charge >= 0.3 is 5.97 Å². The summed E-state index contributed by atoms with van der Waals surface area (Å²) in [5.74, 6) is -0.572. The van der Waals surface area contributed by atoms with Gasteiger partial charge in [-0.05, 0) is 47.6 Å². The molecule has 0 atom stereocenters. The van der Waals surface area contributed by atoms with E-state index in [2.05, 4.69) is 5.32 Å². The fourth-order valence-electron chi connectivity index (χ4n) is 3.22. The van der Waals surface area contributed by atoms with Gasteiger partial charge in [0.15, 0.2) is 0 Å². The van der Waals surface area contributed by atoms with Crippen LogP contribution < -0.4 is 5.32 Å². The van der Waals surface area contributed by atoms with Crippen LogP contribution in [-0.2, 0) is 16.0 Å². The summed E-state index contributed by atoms with van der Waals surface area (Å²) in [6.07, 6.45) is 6.13. The lowest BCUT2D eigenvalue weighted by Gasteiger charge is -2.15. The molecule has 0 spiro atoms. The monoisotopic (exact) mass is 271 g/mol. The molecule has 1 fully saturated rings. The number of carboxylic acid groups (broad SMARTS) is 1. The van der Waals surface area contributed by atoms with Gasteiger partial charge in [0.05, 0.1) is 6.42 Å². The van der Waals surface area contributed by atoms with E-state index in [0.29, 0.717) is 12.3 Å². The van der Waals surface area contributed by atoms with Gasteiger partial charge < -0.3 is 10.4 Å². The van der Waals surface area contributed by atoms with Crippen molar-refractivity contribution in [1.82, 2.24) is 0 Å². The molecule has 2 N–H and O–H groups in total. The average Bonchev–Trinajstić information content (AvgIpc) is 3.02. The molecule has 2 aliphatic rings. The number of fused-ring (bicyclic) bond motifs is 1. The minimum Gasteiger partial charge on any atom is -0.478 e. The first-order valence-corrected chi connectivity index (χ1v) is 7.01. The van der Waals surface area contributed by atoms with Crippen molar-refractivity contribution >= 4 is 23.1 Å². The molecule has 1 aromatic rings. The van der Waals surface area contributed by atoms with Crippen molar-refractivity contribution < 1.29 is 14.7 Å². The summed E-state index contributed by atoms with van der Waals surface area (Å²) in [4.78, 5) is 22.5. The molecule has 1 aliphatic carbocycles. The Hall–Kier alpha value is -2.10. The van der Waals surface area contributed by atoms with Crippen molar-refractivity contribution in [2.24, 2.45) is 5.92 Å². The Morgan fingerprint density at radius 1 is 1.30 bits per heavy atom. The Kier molecular flexibility index (Phi) is 3.30. The van der Waals surface area contributed by atoms with Crippen LogP contribution in [0.25, 0.3) is 5.57 Å². The van der Waals surface area contributed by atoms with Gasteiger partial charge in [-0.25, -0.2) is 4.79 Å². The molecule has 4 heteroatoms. The third-order valence-electron chi connectivity index (χ3n) is 4.14.